The predicted octanol–water partition coefficient (Wildman–Crippen LogP) is 1.19. The molecule has 0 atom stereocenters. The molecule has 1 aromatic heterocycles. The summed E-state index contributed by atoms with van der Waals surface area (Å²) in [6.07, 6.45) is 3.00. The summed E-state index contributed by atoms with van der Waals surface area (Å²) in [6.45, 7) is 0. The number of aromatic hydroxyl groups is 3. The second-order valence-corrected chi connectivity index (χ2v) is 2.85. The van der Waals surface area contributed by atoms with E-state index in [2.05, 4.69) is 10.2 Å². The van der Waals surface area contributed by atoms with Crippen LogP contribution in [0.3, 0.4) is 0 Å². The summed E-state index contributed by atoms with van der Waals surface area (Å²) in [4.78, 5) is 0. The SMILES string of the molecule is Oc1cc(O)c(-c2cn[nH]c2)c(O)c1. The molecule has 0 aliphatic rings. The molecule has 0 aliphatic carbocycles. The average molecular weight is 192 g/mol. The number of rotatable bonds is 1. The van der Waals surface area contributed by atoms with Gasteiger partial charge in [0.1, 0.15) is 17.2 Å². The number of H-pyrrole nitrogens is 1. The third kappa shape index (κ3) is 1.24. The number of hydrogen-bond donors (Lipinski definition) is 4. The highest BCUT2D eigenvalue weighted by Crippen LogP contribution is 2.39. The molecule has 0 fully saturated rings. The van der Waals surface area contributed by atoms with Crippen molar-refractivity contribution >= 4 is 0 Å². The van der Waals surface area contributed by atoms with Gasteiger partial charge in [0.25, 0.3) is 0 Å². The van der Waals surface area contributed by atoms with Crippen LogP contribution in [-0.4, -0.2) is 25.5 Å². The van der Waals surface area contributed by atoms with Crippen LogP contribution >= 0.6 is 0 Å². The van der Waals surface area contributed by atoms with E-state index in [-0.39, 0.29) is 22.8 Å². The maximum Gasteiger partial charge on any atom is 0.130 e. The lowest BCUT2D eigenvalue weighted by Gasteiger charge is -2.05. The lowest BCUT2D eigenvalue weighted by atomic mass is 10.1. The van der Waals surface area contributed by atoms with Crippen molar-refractivity contribution < 1.29 is 15.3 Å². The van der Waals surface area contributed by atoms with E-state index < -0.39 is 0 Å². The standard InChI is InChI=1S/C9H8N2O3/c12-6-1-7(13)9(8(14)2-6)5-3-10-11-4-5/h1-4,12-14H,(H,10,11). The summed E-state index contributed by atoms with van der Waals surface area (Å²) < 4.78 is 0. The van der Waals surface area contributed by atoms with Gasteiger partial charge < -0.3 is 15.3 Å². The van der Waals surface area contributed by atoms with Gasteiger partial charge in [-0.3, -0.25) is 5.10 Å². The average Bonchev–Trinajstić information content (AvgIpc) is 2.54. The summed E-state index contributed by atoms with van der Waals surface area (Å²) >= 11 is 0. The van der Waals surface area contributed by atoms with Gasteiger partial charge >= 0.3 is 0 Å². The summed E-state index contributed by atoms with van der Waals surface area (Å²) in [5, 5.41) is 34.3. The number of aromatic amines is 1. The second-order valence-electron chi connectivity index (χ2n) is 2.85. The maximum atomic E-state index is 9.48. The minimum absolute atomic E-state index is 0.188. The first-order chi connectivity index (χ1) is 6.68. The highest BCUT2D eigenvalue weighted by atomic mass is 16.3. The van der Waals surface area contributed by atoms with Crippen molar-refractivity contribution in [2.75, 3.05) is 0 Å². The molecule has 1 heterocycles. The number of benzene rings is 1. The molecule has 0 unspecified atom stereocenters. The Morgan fingerprint density at radius 1 is 1.07 bits per heavy atom. The zero-order valence-electron chi connectivity index (χ0n) is 7.10. The van der Waals surface area contributed by atoms with Gasteiger partial charge in [0.15, 0.2) is 0 Å². The van der Waals surface area contributed by atoms with Crippen molar-refractivity contribution in [3.63, 3.8) is 0 Å². The van der Waals surface area contributed by atoms with Gasteiger partial charge in [-0.25, -0.2) is 0 Å². The van der Waals surface area contributed by atoms with Crippen LogP contribution in [0.2, 0.25) is 0 Å². The normalized spacial score (nSPS) is 10.3. The van der Waals surface area contributed by atoms with E-state index in [4.69, 9.17) is 5.11 Å². The quantitative estimate of drug-likeness (QED) is 0.546. The fourth-order valence-corrected chi connectivity index (χ4v) is 1.28. The van der Waals surface area contributed by atoms with Gasteiger partial charge in [-0.05, 0) is 0 Å². The lowest BCUT2D eigenvalue weighted by Crippen LogP contribution is -1.78. The zero-order chi connectivity index (χ0) is 10.1. The highest BCUT2D eigenvalue weighted by Gasteiger charge is 2.12. The van der Waals surface area contributed by atoms with E-state index in [0.29, 0.717) is 5.56 Å². The Morgan fingerprint density at radius 2 is 1.71 bits per heavy atom. The van der Waals surface area contributed by atoms with E-state index in [0.717, 1.165) is 12.1 Å². The summed E-state index contributed by atoms with van der Waals surface area (Å²) in [5.74, 6) is -0.569. The van der Waals surface area contributed by atoms with Gasteiger partial charge in [0.2, 0.25) is 0 Å². The Morgan fingerprint density at radius 3 is 2.21 bits per heavy atom. The van der Waals surface area contributed by atoms with Crippen LogP contribution in [0, 0.1) is 0 Å². The molecular weight excluding hydrogens is 184 g/mol. The molecule has 0 amide bonds. The van der Waals surface area contributed by atoms with Crippen LogP contribution < -0.4 is 0 Å². The summed E-state index contributed by atoms with van der Waals surface area (Å²) in [5.41, 5.74) is 0.802. The molecule has 1 aromatic carbocycles. The number of aromatic nitrogens is 2. The Kier molecular flexibility index (Phi) is 1.78. The van der Waals surface area contributed by atoms with Gasteiger partial charge in [0.05, 0.1) is 11.8 Å². The maximum absolute atomic E-state index is 9.48. The van der Waals surface area contributed by atoms with Crippen LogP contribution in [0.15, 0.2) is 24.5 Å². The lowest BCUT2D eigenvalue weighted by molar-refractivity contribution is 0.430. The van der Waals surface area contributed by atoms with E-state index in [9.17, 15) is 10.2 Å². The molecular formula is C9H8N2O3. The molecule has 0 aliphatic heterocycles. The van der Waals surface area contributed by atoms with Crippen LogP contribution in [0.25, 0.3) is 11.1 Å². The first-order valence-corrected chi connectivity index (χ1v) is 3.92. The zero-order valence-corrected chi connectivity index (χ0v) is 7.10. The fourth-order valence-electron chi connectivity index (χ4n) is 1.28. The number of hydrogen-bond acceptors (Lipinski definition) is 4. The van der Waals surface area contributed by atoms with Crippen molar-refractivity contribution in [1.29, 1.82) is 0 Å². The van der Waals surface area contributed by atoms with E-state index in [1.54, 1.807) is 0 Å². The van der Waals surface area contributed by atoms with Gasteiger partial charge in [-0.1, -0.05) is 0 Å². The first-order valence-electron chi connectivity index (χ1n) is 3.92. The summed E-state index contributed by atoms with van der Waals surface area (Å²) in [6, 6.07) is 2.31. The van der Waals surface area contributed by atoms with Crippen molar-refractivity contribution in [2.45, 2.75) is 0 Å². The first kappa shape index (κ1) is 8.43. The minimum atomic E-state index is -0.191. The number of nitrogens with zero attached hydrogens (tertiary/aromatic N) is 1. The van der Waals surface area contributed by atoms with Crippen molar-refractivity contribution in [1.82, 2.24) is 10.2 Å². The monoisotopic (exact) mass is 192 g/mol. The minimum Gasteiger partial charge on any atom is -0.508 e. The summed E-state index contributed by atoms with van der Waals surface area (Å²) in [7, 11) is 0. The van der Waals surface area contributed by atoms with E-state index in [1.165, 1.54) is 12.4 Å². The van der Waals surface area contributed by atoms with Crippen LogP contribution in [0.4, 0.5) is 0 Å². The highest BCUT2D eigenvalue weighted by molar-refractivity contribution is 5.76. The molecule has 0 radical (unpaired) electrons. The molecule has 0 saturated carbocycles. The van der Waals surface area contributed by atoms with Crippen molar-refractivity contribution in [3.05, 3.63) is 24.5 Å². The van der Waals surface area contributed by atoms with E-state index in [1.807, 2.05) is 0 Å². The van der Waals surface area contributed by atoms with Crippen molar-refractivity contribution in [3.8, 4) is 28.4 Å². The largest absolute Gasteiger partial charge is 0.508 e. The molecule has 0 bridgehead atoms. The van der Waals surface area contributed by atoms with Crippen LogP contribution in [0.1, 0.15) is 0 Å². The Bertz CT molecular complexity index is 428. The molecule has 0 spiro atoms. The predicted molar refractivity (Wildman–Crippen MR) is 49.0 cm³/mol. The number of phenols is 3. The van der Waals surface area contributed by atoms with Crippen LogP contribution in [-0.2, 0) is 0 Å². The van der Waals surface area contributed by atoms with Crippen molar-refractivity contribution in [2.24, 2.45) is 0 Å². The number of phenolic OH excluding ortho intramolecular Hbond substituents is 3. The molecule has 2 aromatic rings. The molecule has 2 rings (SSSR count). The molecule has 4 N–H and O–H groups in total. The number of nitrogens with one attached hydrogen (secondary N) is 1. The molecule has 72 valence electrons. The Labute approximate surface area is 79.3 Å². The third-order valence-corrected chi connectivity index (χ3v) is 1.87. The smallest absolute Gasteiger partial charge is 0.130 e. The van der Waals surface area contributed by atoms with Gasteiger partial charge in [-0.2, -0.15) is 5.10 Å². The molecule has 5 nitrogen and oxygen atoms in total. The topological polar surface area (TPSA) is 89.4 Å². The second kappa shape index (κ2) is 2.95. The van der Waals surface area contributed by atoms with E-state index >= 15 is 0 Å². The molecule has 14 heavy (non-hydrogen) atoms. The van der Waals surface area contributed by atoms with Crippen LogP contribution in [0.5, 0.6) is 17.2 Å². The van der Waals surface area contributed by atoms with Gasteiger partial charge in [-0.15, -0.1) is 0 Å². The molecule has 5 heteroatoms. The molecule has 0 saturated heterocycles. The third-order valence-electron chi connectivity index (χ3n) is 1.87. The fraction of sp³-hybridized carbons (Fsp3) is 0. The van der Waals surface area contributed by atoms with Gasteiger partial charge in [0, 0.05) is 23.9 Å². The Hall–Kier alpha value is -2.17. The Balaban J connectivity index is 2.64.